The maximum absolute atomic E-state index is 11.9. The highest BCUT2D eigenvalue weighted by atomic mass is 32.2. The number of rotatable bonds is 4. The number of hydrogen-bond acceptors (Lipinski definition) is 7. The summed E-state index contributed by atoms with van der Waals surface area (Å²) in [5.74, 6) is 1.05. The molecule has 1 N–H and O–H groups in total. The van der Waals surface area contributed by atoms with Gasteiger partial charge < -0.3 is 14.6 Å². The second-order valence-electron chi connectivity index (χ2n) is 7.67. The van der Waals surface area contributed by atoms with Crippen molar-refractivity contribution < 1.29 is 13.2 Å². The van der Waals surface area contributed by atoms with Crippen LogP contribution >= 0.6 is 0 Å². The molecule has 0 unspecified atom stereocenters. The molecule has 0 bridgehead atoms. The molecule has 4 aromatic rings. The number of nitrogens with one attached hydrogen (secondary N) is 1. The van der Waals surface area contributed by atoms with Crippen LogP contribution in [0.1, 0.15) is 6.92 Å². The molecular weight excluding hydrogens is 404 g/mol. The van der Waals surface area contributed by atoms with E-state index in [-0.39, 0.29) is 11.9 Å². The molecule has 0 amide bonds. The third-order valence-electron chi connectivity index (χ3n) is 5.31. The van der Waals surface area contributed by atoms with Gasteiger partial charge in [0, 0.05) is 35.5 Å². The van der Waals surface area contributed by atoms with Crippen molar-refractivity contribution in [3.8, 4) is 11.4 Å². The van der Waals surface area contributed by atoms with E-state index in [1.165, 1.54) is 10.9 Å². The van der Waals surface area contributed by atoms with Crippen LogP contribution in [0.3, 0.4) is 0 Å². The van der Waals surface area contributed by atoms with Gasteiger partial charge in [0.2, 0.25) is 0 Å². The predicted molar refractivity (Wildman–Crippen MR) is 115 cm³/mol. The van der Waals surface area contributed by atoms with Gasteiger partial charge >= 0.3 is 0 Å². The number of benzene rings is 1. The molecule has 0 spiro atoms. The fourth-order valence-corrected chi connectivity index (χ4v) is 4.55. The molecule has 1 atom stereocenters. The summed E-state index contributed by atoms with van der Waals surface area (Å²) < 4.78 is 30.9. The van der Waals surface area contributed by atoms with Crippen LogP contribution in [-0.4, -0.2) is 65.2 Å². The van der Waals surface area contributed by atoms with Crippen molar-refractivity contribution in [3.05, 3.63) is 36.7 Å². The second-order valence-corrected chi connectivity index (χ2v) is 9.78. The van der Waals surface area contributed by atoms with E-state index in [2.05, 4.69) is 21.9 Å². The van der Waals surface area contributed by atoms with Crippen molar-refractivity contribution in [1.82, 2.24) is 24.7 Å². The van der Waals surface area contributed by atoms with Crippen LogP contribution in [0.2, 0.25) is 0 Å². The van der Waals surface area contributed by atoms with Gasteiger partial charge in [0.25, 0.3) is 0 Å². The van der Waals surface area contributed by atoms with Crippen LogP contribution in [0, 0.1) is 0 Å². The Balaban J connectivity index is 1.76. The summed E-state index contributed by atoms with van der Waals surface area (Å²) in [6.45, 7) is 3.99. The number of hydrogen-bond donors (Lipinski definition) is 1. The zero-order valence-electron chi connectivity index (χ0n) is 16.7. The summed E-state index contributed by atoms with van der Waals surface area (Å²) in [7, 11) is -3.29. The Hall–Kier alpha value is -2.98. The van der Waals surface area contributed by atoms with Crippen molar-refractivity contribution in [3.63, 3.8) is 0 Å². The first-order chi connectivity index (χ1) is 14.4. The molecule has 10 heteroatoms. The molecule has 30 heavy (non-hydrogen) atoms. The number of sulfone groups is 1. The Labute approximate surface area is 173 Å². The minimum atomic E-state index is -3.29. The van der Waals surface area contributed by atoms with Crippen LogP contribution in [0.5, 0.6) is 0 Å². The zero-order valence-corrected chi connectivity index (χ0v) is 17.6. The minimum absolute atomic E-state index is 0.131. The van der Waals surface area contributed by atoms with E-state index in [1.807, 2.05) is 30.5 Å². The Morgan fingerprint density at radius 2 is 2.10 bits per heavy atom. The first-order valence-corrected chi connectivity index (χ1v) is 11.8. The third kappa shape index (κ3) is 3.31. The second kappa shape index (κ2) is 7.06. The van der Waals surface area contributed by atoms with Crippen molar-refractivity contribution in [2.24, 2.45) is 0 Å². The summed E-state index contributed by atoms with van der Waals surface area (Å²) in [6.07, 6.45) is 4.72. The highest BCUT2D eigenvalue weighted by Crippen LogP contribution is 2.32. The third-order valence-corrected chi connectivity index (χ3v) is 6.02. The number of aromatic nitrogens is 5. The largest absolute Gasteiger partial charge is 0.377 e. The summed E-state index contributed by atoms with van der Waals surface area (Å²) in [4.78, 5) is 15.1. The first-order valence-electron chi connectivity index (χ1n) is 9.73. The number of aromatic amines is 1. The molecule has 1 aliphatic heterocycles. The highest BCUT2D eigenvalue weighted by Gasteiger charge is 2.26. The van der Waals surface area contributed by atoms with Crippen LogP contribution in [0.4, 0.5) is 5.82 Å². The number of fused-ring (bicyclic) bond motifs is 2. The Morgan fingerprint density at radius 3 is 2.90 bits per heavy atom. The number of nitrogens with zero attached hydrogens (tertiary/aromatic N) is 5. The average molecular weight is 427 g/mol. The molecule has 156 valence electrons. The van der Waals surface area contributed by atoms with Crippen LogP contribution in [0.25, 0.3) is 33.3 Å². The Kier molecular flexibility index (Phi) is 4.48. The summed E-state index contributed by atoms with van der Waals surface area (Å²) >= 11 is 0. The van der Waals surface area contributed by atoms with Gasteiger partial charge in [0.05, 0.1) is 30.8 Å². The van der Waals surface area contributed by atoms with Crippen molar-refractivity contribution in [2.75, 3.05) is 30.9 Å². The molecule has 1 aliphatic rings. The van der Waals surface area contributed by atoms with E-state index in [9.17, 15) is 8.42 Å². The molecule has 1 fully saturated rings. The van der Waals surface area contributed by atoms with Gasteiger partial charge in [-0.2, -0.15) is 5.10 Å². The summed E-state index contributed by atoms with van der Waals surface area (Å²) in [6, 6.07) is 8.04. The van der Waals surface area contributed by atoms with Gasteiger partial charge in [-0.05, 0) is 19.1 Å². The van der Waals surface area contributed by atoms with Gasteiger partial charge in [-0.15, -0.1) is 0 Å². The van der Waals surface area contributed by atoms with E-state index in [4.69, 9.17) is 14.7 Å². The van der Waals surface area contributed by atoms with Gasteiger partial charge in [-0.3, -0.25) is 0 Å². The smallest absolute Gasteiger partial charge is 0.167 e. The van der Waals surface area contributed by atoms with E-state index < -0.39 is 9.84 Å². The number of H-pyrrole nitrogens is 1. The Morgan fingerprint density at radius 1 is 1.23 bits per heavy atom. The molecule has 0 aliphatic carbocycles. The lowest BCUT2D eigenvalue weighted by molar-refractivity contribution is 0.0987. The molecule has 0 saturated carbocycles. The van der Waals surface area contributed by atoms with E-state index in [1.54, 1.807) is 6.20 Å². The van der Waals surface area contributed by atoms with Crippen LogP contribution in [-0.2, 0) is 20.5 Å². The van der Waals surface area contributed by atoms with Crippen molar-refractivity contribution in [2.45, 2.75) is 18.8 Å². The molecule has 4 heterocycles. The SMILES string of the molecule is C[C@@H]1COCCN1c1nc(-c2cccc3[nH]ccc23)nc2c1cnn2CS(C)(=O)=O. The zero-order chi connectivity index (χ0) is 20.9. The molecule has 1 aromatic carbocycles. The van der Waals surface area contributed by atoms with Gasteiger partial charge in [-0.25, -0.2) is 23.1 Å². The van der Waals surface area contributed by atoms with Gasteiger partial charge in [-0.1, -0.05) is 12.1 Å². The highest BCUT2D eigenvalue weighted by molar-refractivity contribution is 7.89. The summed E-state index contributed by atoms with van der Waals surface area (Å²) in [5, 5.41) is 6.06. The lowest BCUT2D eigenvalue weighted by Gasteiger charge is -2.34. The normalized spacial score (nSPS) is 17.8. The molecule has 3 aromatic heterocycles. The van der Waals surface area contributed by atoms with Gasteiger partial charge in [0.1, 0.15) is 11.7 Å². The lowest BCUT2D eigenvalue weighted by Crippen LogP contribution is -2.44. The van der Waals surface area contributed by atoms with Crippen LogP contribution < -0.4 is 4.90 Å². The van der Waals surface area contributed by atoms with Gasteiger partial charge in [0.15, 0.2) is 21.3 Å². The molecular formula is C20H22N6O3S. The maximum Gasteiger partial charge on any atom is 0.167 e. The van der Waals surface area contributed by atoms with Crippen molar-refractivity contribution in [1.29, 1.82) is 0 Å². The Bertz CT molecular complexity index is 1340. The fraction of sp³-hybridized carbons (Fsp3) is 0.350. The molecule has 9 nitrogen and oxygen atoms in total. The van der Waals surface area contributed by atoms with Crippen LogP contribution in [0.15, 0.2) is 36.7 Å². The summed E-state index contributed by atoms with van der Waals surface area (Å²) in [5.41, 5.74) is 2.37. The minimum Gasteiger partial charge on any atom is -0.377 e. The maximum atomic E-state index is 11.9. The van der Waals surface area contributed by atoms with Crippen molar-refractivity contribution >= 4 is 37.6 Å². The quantitative estimate of drug-likeness (QED) is 0.533. The standard InChI is InChI=1S/C20H22N6O3S/c1-13-11-29-9-8-25(13)19-16-10-22-26(12-30(2,27)28)20(16)24-18(23-19)15-4-3-5-17-14(15)6-7-21-17/h3-7,10,13,21H,8-9,11-12H2,1-2H3/t13-/m1/s1. The topological polar surface area (TPSA) is 106 Å². The van der Waals surface area contributed by atoms with E-state index >= 15 is 0 Å². The number of ether oxygens (including phenoxy) is 1. The monoisotopic (exact) mass is 426 g/mol. The average Bonchev–Trinajstić information content (AvgIpc) is 3.34. The predicted octanol–water partition coefficient (Wildman–Crippen LogP) is 2.20. The first kappa shape index (κ1) is 19.0. The number of morpholine rings is 1. The fourth-order valence-electron chi connectivity index (χ4n) is 3.92. The van der Waals surface area contributed by atoms with E-state index in [0.29, 0.717) is 31.2 Å². The number of anilines is 1. The molecule has 1 saturated heterocycles. The molecule has 0 radical (unpaired) electrons. The lowest BCUT2D eigenvalue weighted by atomic mass is 10.1. The van der Waals surface area contributed by atoms with E-state index in [0.717, 1.165) is 27.7 Å². The molecule has 5 rings (SSSR count).